The molecule has 1 aliphatic heterocycles. The van der Waals surface area contributed by atoms with Gasteiger partial charge in [-0.15, -0.1) is 0 Å². The third kappa shape index (κ3) is 3.68. The number of hydrogen-bond acceptors (Lipinski definition) is 3. The number of halogens is 1. The van der Waals surface area contributed by atoms with Crippen LogP contribution in [-0.4, -0.2) is 30.4 Å². The minimum absolute atomic E-state index is 0.375. The van der Waals surface area contributed by atoms with Gasteiger partial charge in [0.25, 0.3) is 0 Å². The van der Waals surface area contributed by atoms with E-state index in [0.717, 1.165) is 31.5 Å². The molecular weight excluding hydrogens is 238 g/mol. The molecule has 0 aromatic heterocycles. The average Bonchev–Trinajstić information content (AvgIpc) is 2.32. The molecule has 1 aromatic carbocycles. The maximum atomic E-state index is 10.2. The number of aliphatic hydroxyl groups is 1. The van der Waals surface area contributed by atoms with Crippen LogP contribution in [0.2, 0.25) is 5.02 Å². The summed E-state index contributed by atoms with van der Waals surface area (Å²) in [7, 11) is 0. The summed E-state index contributed by atoms with van der Waals surface area (Å²) >= 11 is 6.03. The van der Waals surface area contributed by atoms with Crippen LogP contribution in [0.5, 0.6) is 0 Å². The van der Waals surface area contributed by atoms with E-state index >= 15 is 0 Å². The van der Waals surface area contributed by atoms with Gasteiger partial charge in [0.1, 0.15) is 0 Å². The second-order valence-corrected chi connectivity index (χ2v) is 4.97. The Kier molecular flexibility index (Phi) is 4.40. The SMILES string of the molecule is OC1(COCc2ccccc2Cl)CCNCC1. The van der Waals surface area contributed by atoms with Crippen LogP contribution in [0.15, 0.2) is 24.3 Å². The van der Waals surface area contributed by atoms with Crippen molar-refractivity contribution in [2.75, 3.05) is 19.7 Å². The van der Waals surface area contributed by atoms with E-state index in [1.54, 1.807) is 0 Å². The van der Waals surface area contributed by atoms with Gasteiger partial charge >= 0.3 is 0 Å². The van der Waals surface area contributed by atoms with E-state index in [-0.39, 0.29) is 0 Å². The Morgan fingerprint density at radius 2 is 2.00 bits per heavy atom. The Morgan fingerprint density at radius 1 is 1.29 bits per heavy atom. The number of hydrogen-bond donors (Lipinski definition) is 2. The van der Waals surface area contributed by atoms with Crippen molar-refractivity contribution in [3.05, 3.63) is 34.9 Å². The van der Waals surface area contributed by atoms with E-state index in [2.05, 4.69) is 5.32 Å². The molecule has 0 unspecified atom stereocenters. The molecule has 3 nitrogen and oxygen atoms in total. The topological polar surface area (TPSA) is 41.5 Å². The molecule has 0 radical (unpaired) electrons. The van der Waals surface area contributed by atoms with Crippen molar-refractivity contribution in [2.24, 2.45) is 0 Å². The predicted molar refractivity (Wildman–Crippen MR) is 68.2 cm³/mol. The predicted octanol–water partition coefficient (Wildman–Crippen LogP) is 1.97. The van der Waals surface area contributed by atoms with Gasteiger partial charge in [0.2, 0.25) is 0 Å². The number of ether oxygens (including phenoxy) is 1. The maximum absolute atomic E-state index is 10.2. The van der Waals surface area contributed by atoms with Crippen molar-refractivity contribution in [3.63, 3.8) is 0 Å². The van der Waals surface area contributed by atoms with Crippen molar-refractivity contribution in [1.82, 2.24) is 5.32 Å². The summed E-state index contributed by atoms with van der Waals surface area (Å²) in [6, 6.07) is 7.62. The van der Waals surface area contributed by atoms with Gasteiger partial charge < -0.3 is 15.2 Å². The van der Waals surface area contributed by atoms with Crippen LogP contribution in [0.25, 0.3) is 0 Å². The Hall–Kier alpha value is -0.610. The van der Waals surface area contributed by atoms with E-state index in [1.807, 2.05) is 24.3 Å². The first kappa shape index (κ1) is 12.8. The molecule has 0 atom stereocenters. The van der Waals surface area contributed by atoms with Gasteiger partial charge in [-0.1, -0.05) is 29.8 Å². The second kappa shape index (κ2) is 5.83. The molecule has 1 aromatic rings. The van der Waals surface area contributed by atoms with Crippen LogP contribution in [0.3, 0.4) is 0 Å². The van der Waals surface area contributed by atoms with Crippen LogP contribution < -0.4 is 5.32 Å². The monoisotopic (exact) mass is 255 g/mol. The van der Waals surface area contributed by atoms with E-state index in [4.69, 9.17) is 16.3 Å². The average molecular weight is 256 g/mol. The molecule has 94 valence electrons. The lowest BCUT2D eigenvalue weighted by Crippen LogP contribution is -2.45. The Labute approximate surface area is 107 Å². The number of benzene rings is 1. The quantitative estimate of drug-likeness (QED) is 0.865. The molecule has 1 fully saturated rings. The Balaban J connectivity index is 1.81. The lowest BCUT2D eigenvalue weighted by molar-refractivity contribution is -0.0687. The van der Waals surface area contributed by atoms with Crippen molar-refractivity contribution in [2.45, 2.75) is 25.0 Å². The number of piperidine rings is 1. The molecule has 4 heteroatoms. The third-order valence-electron chi connectivity index (χ3n) is 3.12. The summed E-state index contributed by atoms with van der Waals surface area (Å²) in [6.07, 6.45) is 1.49. The first-order valence-electron chi connectivity index (χ1n) is 5.94. The summed E-state index contributed by atoms with van der Waals surface area (Å²) in [6.45, 7) is 2.53. The van der Waals surface area contributed by atoms with Crippen molar-refractivity contribution < 1.29 is 9.84 Å². The van der Waals surface area contributed by atoms with Crippen LogP contribution >= 0.6 is 11.6 Å². The van der Waals surface area contributed by atoms with Gasteiger partial charge in [-0.05, 0) is 37.6 Å². The molecule has 0 amide bonds. The summed E-state index contributed by atoms with van der Waals surface area (Å²) in [5.74, 6) is 0. The minimum Gasteiger partial charge on any atom is -0.387 e. The summed E-state index contributed by atoms with van der Waals surface area (Å²) < 4.78 is 5.58. The fourth-order valence-corrected chi connectivity index (χ4v) is 2.19. The fraction of sp³-hybridized carbons (Fsp3) is 0.538. The number of nitrogens with one attached hydrogen (secondary N) is 1. The van der Waals surface area contributed by atoms with Crippen molar-refractivity contribution in [1.29, 1.82) is 0 Å². The maximum Gasteiger partial charge on any atom is 0.0904 e. The zero-order valence-corrected chi connectivity index (χ0v) is 10.5. The van der Waals surface area contributed by atoms with Gasteiger partial charge in [0.15, 0.2) is 0 Å². The van der Waals surface area contributed by atoms with E-state index in [9.17, 15) is 5.11 Å². The molecule has 1 heterocycles. The van der Waals surface area contributed by atoms with Crippen LogP contribution in [0, 0.1) is 0 Å². The summed E-state index contributed by atoms with van der Waals surface area (Å²) in [5.41, 5.74) is 0.290. The van der Waals surface area contributed by atoms with Crippen molar-refractivity contribution in [3.8, 4) is 0 Å². The zero-order chi connectivity index (χ0) is 12.1. The van der Waals surface area contributed by atoms with Gasteiger partial charge in [-0.3, -0.25) is 0 Å². The lowest BCUT2D eigenvalue weighted by atomic mass is 9.94. The van der Waals surface area contributed by atoms with Crippen LogP contribution in [0.4, 0.5) is 0 Å². The van der Waals surface area contributed by atoms with Gasteiger partial charge in [-0.2, -0.15) is 0 Å². The zero-order valence-electron chi connectivity index (χ0n) is 9.79. The highest BCUT2D eigenvalue weighted by atomic mass is 35.5. The molecule has 1 aliphatic rings. The second-order valence-electron chi connectivity index (χ2n) is 4.56. The first-order valence-corrected chi connectivity index (χ1v) is 6.32. The van der Waals surface area contributed by atoms with Gasteiger partial charge in [0, 0.05) is 5.02 Å². The molecule has 1 saturated heterocycles. The molecule has 0 aliphatic carbocycles. The van der Waals surface area contributed by atoms with Gasteiger partial charge in [0.05, 0.1) is 18.8 Å². The van der Waals surface area contributed by atoms with Crippen LogP contribution in [-0.2, 0) is 11.3 Å². The summed E-state index contributed by atoms with van der Waals surface area (Å²) in [4.78, 5) is 0. The summed E-state index contributed by atoms with van der Waals surface area (Å²) in [5, 5.41) is 14.2. The lowest BCUT2D eigenvalue weighted by Gasteiger charge is -2.32. The largest absolute Gasteiger partial charge is 0.387 e. The highest BCUT2D eigenvalue weighted by Gasteiger charge is 2.29. The minimum atomic E-state index is -0.674. The van der Waals surface area contributed by atoms with Gasteiger partial charge in [-0.25, -0.2) is 0 Å². The molecule has 0 spiro atoms. The van der Waals surface area contributed by atoms with Crippen LogP contribution in [0.1, 0.15) is 18.4 Å². The van der Waals surface area contributed by atoms with E-state index in [1.165, 1.54) is 0 Å². The normalized spacial score (nSPS) is 19.2. The smallest absolute Gasteiger partial charge is 0.0904 e. The molecular formula is C13H18ClNO2. The molecule has 0 bridgehead atoms. The molecule has 2 N–H and O–H groups in total. The molecule has 17 heavy (non-hydrogen) atoms. The molecule has 2 rings (SSSR count). The Bertz CT molecular complexity index is 364. The third-order valence-corrected chi connectivity index (χ3v) is 3.49. The molecule has 0 saturated carbocycles. The fourth-order valence-electron chi connectivity index (χ4n) is 2.00. The highest BCUT2D eigenvalue weighted by Crippen LogP contribution is 2.20. The first-order chi connectivity index (χ1) is 8.20. The highest BCUT2D eigenvalue weighted by molar-refractivity contribution is 6.31. The van der Waals surface area contributed by atoms with E-state index in [0.29, 0.717) is 18.2 Å². The van der Waals surface area contributed by atoms with Crippen molar-refractivity contribution >= 4 is 11.6 Å². The van der Waals surface area contributed by atoms with E-state index < -0.39 is 5.60 Å². The Morgan fingerprint density at radius 3 is 2.71 bits per heavy atom. The standard InChI is InChI=1S/C13H18ClNO2/c14-12-4-2-1-3-11(12)9-17-10-13(16)5-7-15-8-6-13/h1-4,15-16H,5-10H2. The number of rotatable bonds is 4.